The minimum absolute atomic E-state index is 0.252. The van der Waals surface area contributed by atoms with Gasteiger partial charge in [0.1, 0.15) is 0 Å². The van der Waals surface area contributed by atoms with Crippen molar-refractivity contribution in [1.29, 1.82) is 0 Å². The van der Waals surface area contributed by atoms with Crippen LogP contribution >= 0.6 is 0 Å². The molecule has 0 unspecified atom stereocenters. The minimum Gasteiger partial charge on any atom is -0.361 e. The fourth-order valence-corrected chi connectivity index (χ4v) is 3.23. The number of benzene rings is 1. The predicted molar refractivity (Wildman–Crippen MR) is 85.2 cm³/mol. The monoisotopic (exact) mass is 285 g/mol. The molecule has 2 aromatic rings. The molecule has 0 saturated carbocycles. The summed E-state index contributed by atoms with van der Waals surface area (Å²) in [6.07, 6.45) is 4.69. The summed E-state index contributed by atoms with van der Waals surface area (Å²) in [6.45, 7) is 2.85. The van der Waals surface area contributed by atoms with Crippen molar-refractivity contribution in [2.75, 3.05) is 26.7 Å². The number of likely N-dealkylation sites (tertiary alicyclic amines) is 1. The lowest BCUT2D eigenvalue weighted by Gasteiger charge is -2.32. The van der Waals surface area contributed by atoms with Crippen LogP contribution in [0.15, 0.2) is 30.5 Å². The van der Waals surface area contributed by atoms with E-state index in [-0.39, 0.29) is 5.91 Å². The summed E-state index contributed by atoms with van der Waals surface area (Å²) in [4.78, 5) is 17.7. The molecule has 0 bridgehead atoms. The zero-order valence-corrected chi connectivity index (χ0v) is 12.6. The quantitative estimate of drug-likeness (QED) is 0.904. The highest BCUT2D eigenvalue weighted by molar-refractivity contribution is 5.88. The van der Waals surface area contributed by atoms with Gasteiger partial charge in [0, 0.05) is 30.2 Å². The first kappa shape index (κ1) is 14.1. The van der Waals surface area contributed by atoms with E-state index in [1.54, 1.807) is 0 Å². The number of rotatable bonds is 4. The zero-order chi connectivity index (χ0) is 14.7. The lowest BCUT2D eigenvalue weighted by molar-refractivity contribution is -0.131. The van der Waals surface area contributed by atoms with Gasteiger partial charge in [-0.15, -0.1) is 0 Å². The van der Waals surface area contributed by atoms with Gasteiger partial charge in [0.25, 0.3) is 0 Å². The van der Waals surface area contributed by atoms with Gasteiger partial charge >= 0.3 is 0 Å². The Labute approximate surface area is 125 Å². The van der Waals surface area contributed by atoms with Gasteiger partial charge in [-0.05, 0) is 44.0 Å². The van der Waals surface area contributed by atoms with Crippen LogP contribution in [0.5, 0.6) is 0 Å². The molecule has 0 spiro atoms. The summed E-state index contributed by atoms with van der Waals surface area (Å²) in [6, 6.07) is 8.16. The summed E-state index contributed by atoms with van der Waals surface area (Å²) in [5, 5.41) is 4.39. The number of aromatic nitrogens is 1. The second kappa shape index (κ2) is 6.31. The van der Waals surface area contributed by atoms with E-state index in [1.807, 2.05) is 36.3 Å². The maximum atomic E-state index is 12.5. The molecule has 4 nitrogen and oxygen atoms in total. The summed E-state index contributed by atoms with van der Waals surface area (Å²) >= 11 is 0. The predicted octanol–water partition coefficient (Wildman–Crippen LogP) is 2.17. The Kier molecular flexibility index (Phi) is 4.25. The summed E-state index contributed by atoms with van der Waals surface area (Å²) in [7, 11) is 1.99. The molecule has 1 aliphatic rings. The van der Waals surface area contributed by atoms with Gasteiger partial charge in [0.2, 0.25) is 5.91 Å². The van der Waals surface area contributed by atoms with Crippen molar-refractivity contribution in [3.8, 4) is 0 Å². The SMILES string of the molecule is CNCC1CCN(C(=O)Cc2c[nH]c3ccccc23)CC1. The average molecular weight is 285 g/mol. The molecule has 1 aromatic heterocycles. The fourth-order valence-electron chi connectivity index (χ4n) is 3.23. The molecule has 0 radical (unpaired) electrons. The lowest BCUT2D eigenvalue weighted by Crippen LogP contribution is -2.41. The Hall–Kier alpha value is -1.81. The maximum Gasteiger partial charge on any atom is 0.227 e. The van der Waals surface area contributed by atoms with Crippen molar-refractivity contribution in [1.82, 2.24) is 15.2 Å². The molecule has 0 aliphatic carbocycles. The number of fused-ring (bicyclic) bond motifs is 1. The van der Waals surface area contributed by atoms with Gasteiger partial charge in [0.15, 0.2) is 0 Å². The third-order valence-corrected chi connectivity index (χ3v) is 4.48. The van der Waals surface area contributed by atoms with Crippen LogP contribution in [-0.2, 0) is 11.2 Å². The molecule has 2 N–H and O–H groups in total. The molecule has 0 atom stereocenters. The molecule has 112 valence electrons. The Morgan fingerprint density at radius 3 is 2.86 bits per heavy atom. The summed E-state index contributed by atoms with van der Waals surface area (Å²) in [5.74, 6) is 0.967. The van der Waals surface area contributed by atoms with Crippen molar-refractivity contribution >= 4 is 16.8 Å². The zero-order valence-electron chi connectivity index (χ0n) is 12.6. The topological polar surface area (TPSA) is 48.1 Å². The molecule has 1 fully saturated rings. The normalized spacial score (nSPS) is 16.5. The van der Waals surface area contributed by atoms with Gasteiger partial charge in [0.05, 0.1) is 6.42 Å². The molecule has 21 heavy (non-hydrogen) atoms. The van der Waals surface area contributed by atoms with Crippen LogP contribution < -0.4 is 5.32 Å². The number of hydrogen-bond acceptors (Lipinski definition) is 2. The second-order valence-electron chi connectivity index (χ2n) is 5.92. The molecule has 1 aliphatic heterocycles. The average Bonchev–Trinajstić information content (AvgIpc) is 2.92. The van der Waals surface area contributed by atoms with E-state index in [2.05, 4.69) is 16.4 Å². The first-order valence-electron chi connectivity index (χ1n) is 7.75. The second-order valence-corrected chi connectivity index (χ2v) is 5.92. The third kappa shape index (κ3) is 3.10. The molecule has 1 aromatic carbocycles. The maximum absolute atomic E-state index is 12.5. The van der Waals surface area contributed by atoms with Gasteiger partial charge in [-0.2, -0.15) is 0 Å². The highest BCUT2D eigenvalue weighted by Gasteiger charge is 2.22. The Morgan fingerprint density at radius 2 is 2.10 bits per heavy atom. The number of aromatic amines is 1. The van der Waals surface area contributed by atoms with E-state index < -0.39 is 0 Å². The van der Waals surface area contributed by atoms with Crippen molar-refractivity contribution in [2.45, 2.75) is 19.3 Å². The number of piperidine rings is 1. The van der Waals surface area contributed by atoms with Crippen LogP contribution in [0.1, 0.15) is 18.4 Å². The van der Waals surface area contributed by atoms with Crippen LogP contribution in [0.4, 0.5) is 0 Å². The van der Waals surface area contributed by atoms with Crippen LogP contribution in [-0.4, -0.2) is 42.5 Å². The smallest absolute Gasteiger partial charge is 0.227 e. The number of para-hydroxylation sites is 1. The number of amides is 1. The molecular formula is C17H23N3O. The van der Waals surface area contributed by atoms with Crippen LogP contribution in [0.25, 0.3) is 10.9 Å². The minimum atomic E-state index is 0.252. The highest BCUT2D eigenvalue weighted by atomic mass is 16.2. The standard InChI is InChI=1S/C17H23N3O/c1-18-11-13-6-8-20(9-7-13)17(21)10-14-12-19-16-5-3-2-4-15(14)16/h2-5,12-13,18-19H,6-11H2,1H3. The number of nitrogens with one attached hydrogen (secondary N) is 2. The first-order valence-corrected chi connectivity index (χ1v) is 7.75. The molecule has 2 heterocycles. The number of H-pyrrole nitrogens is 1. The van der Waals surface area contributed by atoms with Gasteiger partial charge < -0.3 is 15.2 Å². The number of nitrogens with zero attached hydrogens (tertiary/aromatic N) is 1. The van der Waals surface area contributed by atoms with E-state index in [9.17, 15) is 4.79 Å². The lowest BCUT2D eigenvalue weighted by atomic mass is 9.96. The van der Waals surface area contributed by atoms with Crippen LogP contribution in [0.3, 0.4) is 0 Å². The van der Waals surface area contributed by atoms with Crippen molar-refractivity contribution in [2.24, 2.45) is 5.92 Å². The van der Waals surface area contributed by atoms with Gasteiger partial charge in [-0.25, -0.2) is 0 Å². The highest BCUT2D eigenvalue weighted by Crippen LogP contribution is 2.21. The Bertz CT molecular complexity index is 611. The van der Waals surface area contributed by atoms with E-state index >= 15 is 0 Å². The van der Waals surface area contributed by atoms with Gasteiger partial charge in [-0.1, -0.05) is 18.2 Å². The first-order chi connectivity index (χ1) is 10.3. The van der Waals surface area contributed by atoms with Crippen LogP contribution in [0.2, 0.25) is 0 Å². The number of hydrogen-bond donors (Lipinski definition) is 2. The van der Waals surface area contributed by atoms with Crippen molar-refractivity contribution < 1.29 is 4.79 Å². The number of carbonyl (C=O) groups is 1. The summed E-state index contributed by atoms with van der Waals surface area (Å²) < 4.78 is 0. The van der Waals surface area contributed by atoms with E-state index in [1.165, 1.54) is 0 Å². The molecular weight excluding hydrogens is 262 g/mol. The molecule has 1 saturated heterocycles. The molecule has 3 rings (SSSR count). The summed E-state index contributed by atoms with van der Waals surface area (Å²) in [5.41, 5.74) is 2.21. The Morgan fingerprint density at radius 1 is 1.33 bits per heavy atom. The van der Waals surface area contributed by atoms with E-state index in [4.69, 9.17) is 0 Å². The largest absolute Gasteiger partial charge is 0.361 e. The van der Waals surface area contributed by atoms with Crippen LogP contribution in [0, 0.1) is 5.92 Å². The molecule has 4 heteroatoms. The van der Waals surface area contributed by atoms with E-state index in [0.29, 0.717) is 12.3 Å². The van der Waals surface area contributed by atoms with Crippen molar-refractivity contribution in [3.63, 3.8) is 0 Å². The fraction of sp³-hybridized carbons (Fsp3) is 0.471. The molecule has 1 amide bonds. The van der Waals surface area contributed by atoms with E-state index in [0.717, 1.165) is 48.9 Å². The van der Waals surface area contributed by atoms with Gasteiger partial charge in [-0.3, -0.25) is 4.79 Å². The number of carbonyl (C=O) groups excluding carboxylic acids is 1. The Balaban J connectivity index is 1.62. The third-order valence-electron chi connectivity index (χ3n) is 4.48. The van der Waals surface area contributed by atoms with Crippen molar-refractivity contribution in [3.05, 3.63) is 36.0 Å².